The molecule has 0 unspecified atom stereocenters. The van der Waals surface area contributed by atoms with Gasteiger partial charge in [0.2, 0.25) is 0 Å². The van der Waals surface area contributed by atoms with Crippen molar-refractivity contribution in [1.82, 2.24) is 0 Å². The second-order valence-corrected chi connectivity index (χ2v) is 5.02. The molecule has 0 saturated carbocycles. The lowest BCUT2D eigenvalue weighted by Gasteiger charge is -2.08. The van der Waals surface area contributed by atoms with Gasteiger partial charge in [-0.25, -0.2) is 0 Å². The SMILES string of the molecule is O=C(Cc1ccc(Cl)c(Cl)c1)c1c(O)cc(O)cc1O. The van der Waals surface area contributed by atoms with Gasteiger partial charge in [-0.3, -0.25) is 4.79 Å². The number of phenols is 3. The number of carbonyl (C=O) groups excluding carboxylic acids is 1. The summed E-state index contributed by atoms with van der Waals surface area (Å²) in [6.45, 7) is 0. The molecule has 6 heteroatoms. The van der Waals surface area contributed by atoms with Crippen molar-refractivity contribution in [3.8, 4) is 17.2 Å². The van der Waals surface area contributed by atoms with Crippen LogP contribution in [0.3, 0.4) is 0 Å². The smallest absolute Gasteiger partial charge is 0.174 e. The van der Waals surface area contributed by atoms with Crippen LogP contribution in [0.25, 0.3) is 0 Å². The van der Waals surface area contributed by atoms with E-state index in [1.807, 2.05) is 0 Å². The number of rotatable bonds is 3. The zero-order valence-corrected chi connectivity index (χ0v) is 11.6. The Balaban J connectivity index is 2.31. The molecule has 0 fully saturated rings. The Labute approximate surface area is 124 Å². The number of carbonyl (C=O) groups is 1. The van der Waals surface area contributed by atoms with Crippen molar-refractivity contribution < 1.29 is 20.1 Å². The number of phenolic OH excluding ortho intramolecular Hbond substituents is 3. The molecular weight excluding hydrogens is 303 g/mol. The summed E-state index contributed by atoms with van der Waals surface area (Å²) in [6, 6.07) is 6.70. The molecule has 0 aliphatic heterocycles. The Morgan fingerprint density at radius 2 is 1.55 bits per heavy atom. The molecular formula is C14H10Cl2O4. The Kier molecular flexibility index (Phi) is 4.06. The summed E-state index contributed by atoms with van der Waals surface area (Å²) in [6.07, 6.45) is -0.0667. The first-order chi connectivity index (χ1) is 9.38. The van der Waals surface area contributed by atoms with E-state index in [0.29, 0.717) is 15.6 Å². The highest BCUT2D eigenvalue weighted by atomic mass is 35.5. The van der Waals surface area contributed by atoms with Crippen LogP contribution in [0, 0.1) is 0 Å². The van der Waals surface area contributed by atoms with Gasteiger partial charge in [-0.2, -0.15) is 0 Å². The highest BCUT2D eigenvalue weighted by molar-refractivity contribution is 6.42. The lowest BCUT2D eigenvalue weighted by Crippen LogP contribution is -2.04. The summed E-state index contributed by atoms with van der Waals surface area (Å²) in [5.41, 5.74) is 0.352. The third kappa shape index (κ3) is 2.98. The van der Waals surface area contributed by atoms with Crippen molar-refractivity contribution >= 4 is 29.0 Å². The number of halogens is 2. The zero-order valence-electron chi connectivity index (χ0n) is 10.1. The zero-order chi connectivity index (χ0) is 14.9. The van der Waals surface area contributed by atoms with Gasteiger partial charge in [0, 0.05) is 18.6 Å². The first kappa shape index (κ1) is 14.5. The van der Waals surface area contributed by atoms with E-state index in [2.05, 4.69) is 0 Å². The summed E-state index contributed by atoms with van der Waals surface area (Å²) in [4.78, 5) is 12.1. The van der Waals surface area contributed by atoms with Crippen molar-refractivity contribution in [2.75, 3.05) is 0 Å². The van der Waals surface area contributed by atoms with Crippen molar-refractivity contribution in [2.24, 2.45) is 0 Å². The van der Waals surface area contributed by atoms with Gasteiger partial charge in [0.05, 0.1) is 10.0 Å². The number of hydrogen-bond acceptors (Lipinski definition) is 4. The van der Waals surface area contributed by atoms with E-state index in [1.165, 1.54) is 6.07 Å². The summed E-state index contributed by atoms with van der Waals surface area (Å²) >= 11 is 11.6. The van der Waals surface area contributed by atoms with Gasteiger partial charge in [-0.05, 0) is 17.7 Å². The fraction of sp³-hybridized carbons (Fsp3) is 0.0714. The van der Waals surface area contributed by atoms with E-state index in [9.17, 15) is 20.1 Å². The minimum Gasteiger partial charge on any atom is -0.508 e. The topological polar surface area (TPSA) is 77.8 Å². The lowest BCUT2D eigenvalue weighted by atomic mass is 10.0. The molecule has 0 atom stereocenters. The number of Topliss-reactive ketones (excluding diaryl/α,β-unsaturated/α-hetero) is 1. The third-order valence-corrected chi connectivity index (χ3v) is 3.45. The van der Waals surface area contributed by atoms with E-state index in [4.69, 9.17) is 23.2 Å². The molecule has 0 saturated heterocycles. The minimum atomic E-state index is -0.501. The van der Waals surface area contributed by atoms with E-state index in [-0.39, 0.29) is 17.7 Å². The fourth-order valence-corrected chi connectivity index (χ4v) is 2.13. The van der Waals surface area contributed by atoms with E-state index in [0.717, 1.165) is 12.1 Å². The molecule has 3 N–H and O–H groups in total. The average molecular weight is 313 g/mol. The summed E-state index contributed by atoms with van der Waals surface area (Å²) in [5.74, 6) is -1.79. The van der Waals surface area contributed by atoms with Crippen LogP contribution in [-0.2, 0) is 6.42 Å². The van der Waals surface area contributed by atoms with Crippen molar-refractivity contribution in [3.63, 3.8) is 0 Å². The molecule has 0 aliphatic rings. The van der Waals surface area contributed by atoms with Crippen LogP contribution in [-0.4, -0.2) is 21.1 Å². The number of aromatic hydroxyl groups is 3. The Bertz CT molecular complexity index is 660. The van der Waals surface area contributed by atoms with E-state index >= 15 is 0 Å². The maximum atomic E-state index is 12.1. The molecule has 2 aromatic rings. The van der Waals surface area contributed by atoms with Crippen molar-refractivity contribution in [2.45, 2.75) is 6.42 Å². The summed E-state index contributed by atoms with van der Waals surface area (Å²) in [5, 5.41) is 29.1. The van der Waals surface area contributed by atoms with E-state index in [1.54, 1.807) is 12.1 Å². The summed E-state index contributed by atoms with van der Waals surface area (Å²) < 4.78 is 0. The Morgan fingerprint density at radius 1 is 0.950 bits per heavy atom. The largest absolute Gasteiger partial charge is 0.508 e. The Hall–Kier alpha value is -1.91. The van der Waals surface area contributed by atoms with Gasteiger partial charge in [-0.15, -0.1) is 0 Å². The van der Waals surface area contributed by atoms with Gasteiger partial charge < -0.3 is 15.3 Å². The molecule has 0 spiro atoms. The third-order valence-electron chi connectivity index (χ3n) is 2.71. The number of hydrogen-bond donors (Lipinski definition) is 3. The first-order valence-electron chi connectivity index (χ1n) is 5.60. The average Bonchev–Trinajstić information content (AvgIpc) is 2.32. The minimum absolute atomic E-state index is 0.0667. The number of ketones is 1. The predicted molar refractivity (Wildman–Crippen MR) is 75.9 cm³/mol. The molecule has 0 amide bonds. The van der Waals surface area contributed by atoms with Gasteiger partial charge >= 0.3 is 0 Å². The van der Waals surface area contributed by atoms with Crippen LogP contribution in [0.1, 0.15) is 15.9 Å². The first-order valence-corrected chi connectivity index (χ1v) is 6.36. The molecule has 0 radical (unpaired) electrons. The molecule has 0 aromatic heterocycles. The second kappa shape index (κ2) is 5.61. The van der Waals surface area contributed by atoms with Crippen LogP contribution in [0.4, 0.5) is 0 Å². The highest BCUT2D eigenvalue weighted by Crippen LogP contribution is 2.33. The van der Waals surface area contributed by atoms with Gasteiger partial charge in [0.25, 0.3) is 0 Å². The fourth-order valence-electron chi connectivity index (χ4n) is 1.81. The van der Waals surface area contributed by atoms with Crippen LogP contribution in [0.5, 0.6) is 17.2 Å². The van der Waals surface area contributed by atoms with Crippen LogP contribution in [0.15, 0.2) is 30.3 Å². The quantitative estimate of drug-likeness (QED) is 0.758. The molecule has 2 rings (SSSR count). The van der Waals surface area contributed by atoms with Crippen LogP contribution >= 0.6 is 23.2 Å². The van der Waals surface area contributed by atoms with Gasteiger partial charge in [0.1, 0.15) is 22.8 Å². The Morgan fingerprint density at radius 3 is 2.10 bits per heavy atom. The maximum absolute atomic E-state index is 12.1. The monoisotopic (exact) mass is 312 g/mol. The molecule has 2 aromatic carbocycles. The van der Waals surface area contributed by atoms with Crippen molar-refractivity contribution in [1.29, 1.82) is 0 Å². The lowest BCUT2D eigenvalue weighted by molar-refractivity contribution is 0.0987. The van der Waals surface area contributed by atoms with Gasteiger partial charge in [0.15, 0.2) is 5.78 Å². The second-order valence-electron chi connectivity index (χ2n) is 4.21. The normalized spacial score (nSPS) is 10.5. The maximum Gasteiger partial charge on any atom is 0.174 e. The number of benzene rings is 2. The molecule has 104 valence electrons. The molecule has 4 nitrogen and oxygen atoms in total. The van der Waals surface area contributed by atoms with E-state index < -0.39 is 17.3 Å². The van der Waals surface area contributed by atoms with Gasteiger partial charge in [-0.1, -0.05) is 29.3 Å². The molecule has 20 heavy (non-hydrogen) atoms. The molecule has 0 bridgehead atoms. The predicted octanol–water partition coefficient (Wildman–Crippen LogP) is 3.54. The van der Waals surface area contributed by atoms with Crippen LogP contribution < -0.4 is 0 Å². The van der Waals surface area contributed by atoms with Crippen molar-refractivity contribution in [3.05, 3.63) is 51.5 Å². The molecule has 0 aliphatic carbocycles. The summed E-state index contributed by atoms with van der Waals surface area (Å²) in [7, 11) is 0. The standard InChI is InChI=1S/C14H10Cl2O4/c15-9-2-1-7(3-10(9)16)4-11(18)14-12(19)5-8(17)6-13(14)20/h1-3,5-6,17,19-20H,4H2. The van der Waals surface area contributed by atoms with Crippen LogP contribution in [0.2, 0.25) is 10.0 Å². The highest BCUT2D eigenvalue weighted by Gasteiger charge is 2.18. The molecule has 0 heterocycles.